The second kappa shape index (κ2) is 5.70. The van der Waals surface area contributed by atoms with Gasteiger partial charge in [-0.05, 0) is 61.2 Å². The van der Waals surface area contributed by atoms with Crippen LogP contribution in [0.5, 0.6) is 0 Å². The highest BCUT2D eigenvalue weighted by Crippen LogP contribution is 2.24. The number of aryl methyl sites for hydroxylation is 1. The molecule has 2 aromatic carbocycles. The van der Waals surface area contributed by atoms with Crippen molar-refractivity contribution in [1.82, 2.24) is 5.32 Å². The lowest BCUT2D eigenvalue weighted by Gasteiger charge is -2.21. The zero-order chi connectivity index (χ0) is 14.8. The Morgan fingerprint density at radius 3 is 2.81 bits per heavy atom. The molecular formula is C18H20N2O. The lowest BCUT2D eigenvalue weighted by Crippen LogP contribution is -2.25. The Balaban J connectivity index is 1.90. The van der Waals surface area contributed by atoms with Crippen LogP contribution in [-0.4, -0.2) is 12.5 Å². The molecular weight excluding hydrogens is 260 g/mol. The van der Waals surface area contributed by atoms with E-state index in [9.17, 15) is 4.79 Å². The van der Waals surface area contributed by atoms with Gasteiger partial charge in [0, 0.05) is 17.8 Å². The molecule has 1 amide bonds. The van der Waals surface area contributed by atoms with E-state index in [4.69, 9.17) is 0 Å². The van der Waals surface area contributed by atoms with Crippen LogP contribution in [0.25, 0.3) is 0 Å². The van der Waals surface area contributed by atoms with Gasteiger partial charge in [0.2, 0.25) is 0 Å². The SMILES string of the molecule is Cc1cccc(C(=O)Nc2cccc3c2CCNC3)c1C. The van der Waals surface area contributed by atoms with Crippen molar-refractivity contribution in [2.75, 3.05) is 11.9 Å². The van der Waals surface area contributed by atoms with Crippen LogP contribution in [0.2, 0.25) is 0 Å². The first kappa shape index (κ1) is 13.8. The summed E-state index contributed by atoms with van der Waals surface area (Å²) in [5.41, 5.74) is 6.42. The van der Waals surface area contributed by atoms with E-state index >= 15 is 0 Å². The molecule has 2 aromatic rings. The summed E-state index contributed by atoms with van der Waals surface area (Å²) in [4.78, 5) is 12.5. The van der Waals surface area contributed by atoms with Crippen molar-refractivity contribution in [3.8, 4) is 0 Å². The number of hydrogen-bond donors (Lipinski definition) is 2. The smallest absolute Gasteiger partial charge is 0.255 e. The Morgan fingerprint density at radius 2 is 1.95 bits per heavy atom. The number of nitrogens with one attached hydrogen (secondary N) is 2. The number of amides is 1. The highest BCUT2D eigenvalue weighted by atomic mass is 16.1. The molecule has 3 rings (SSSR count). The molecule has 1 heterocycles. The van der Waals surface area contributed by atoms with E-state index in [0.29, 0.717) is 0 Å². The molecule has 0 radical (unpaired) electrons. The van der Waals surface area contributed by atoms with Crippen molar-refractivity contribution in [3.05, 3.63) is 64.2 Å². The van der Waals surface area contributed by atoms with E-state index in [2.05, 4.69) is 16.7 Å². The molecule has 2 N–H and O–H groups in total. The van der Waals surface area contributed by atoms with Gasteiger partial charge in [0.25, 0.3) is 5.91 Å². The van der Waals surface area contributed by atoms with Crippen LogP contribution < -0.4 is 10.6 Å². The molecule has 0 spiro atoms. The number of benzene rings is 2. The van der Waals surface area contributed by atoms with Crippen LogP contribution in [-0.2, 0) is 13.0 Å². The third-order valence-corrected chi connectivity index (χ3v) is 4.24. The standard InChI is InChI=1S/C18H20N2O/c1-12-5-3-7-15(13(12)2)18(21)20-17-8-4-6-14-11-19-10-9-16(14)17/h3-8,19H,9-11H2,1-2H3,(H,20,21). The Kier molecular flexibility index (Phi) is 3.76. The number of rotatable bonds is 2. The van der Waals surface area contributed by atoms with Crippen molar-refractivity contribution < 1.29 is 4.79 Å². The van der Waals surface area contributed by atoms with Gasteiger partial charge in [0.15, 0.2) is 0 Å². The summed E-state index contributed by atoms with van der Waals surface area (Å²) in [5.74, 6) is -0.0249. The summed E-state index contributed by atoms with van der Waals surface area (Å²) in [6, 6.07) is 12.0. The van der Waals surface area contributed by atoms with Gasteiger partial charge in [0.1, 0.15) is 0 Å². The number of anilines is 1. The molecule has 0 saturated carbocycles. The summed E-state index contributed by atoms with van der Waals surface area (Å²) >= 11 is 0. The fourth-order valence-corrected chi connectivity index (χ4v) is 2.84. The van der Waals surface area contributed by atoms with Gasteiger partial charge in [0.05, 0.1) is 0 Å². The predicted molar refractivity (Wildman–Crippen MR) is 85.7 cm³/mol. The van der Waals surface area contributed by atoms with Gasteiger partial charge in [-0.15, -0.1) is 0 Å². The van der Waals surface area contributed by atoms with Crippen molar-refractivity contribution in [1.29, 1.82) is 0 Å². The van der Waals surface area contributed by atoms with Gasteiger partial charge in [-0.1, -0.05) is 24.3 Å². The molecule has 21 heavy (non-hydrogen) atoms. The highest BCUT2D eigenvalue weighted by molar-refractivity contribution is 6.05. The summed E-state index contributed by atoms with van der Waals surface area (Å²) in [5, 5.41) is 6.44. The van der Waals surface area contributed by atoms with E-state index in [-0.39, 0.29) is 5.91 Å². The minimum absolute atomic E-state index is 0.0249. The average molecular weight is 280 g/mol. The molecule has 0 atom stereocenters. The van der Waals surface area contributed by atoms with E-state index in [0.717, 1.165) is 41.9 Å². The number of hydrogen-bond acceptors (Lipinski definition) is 2. The zero-order valence-corrected chi connectivity index (χ0v) is 12.5. The fourth-order valence-electron chi connectivity index (χ4n) is 2.84. The molecule has 3 heteroatoms. The summed E-state index contributed by atoms with van der Waals surface area (Å²) in [6.45, 7) is 5.86. The van der Waals surface area contributed by atoms with Crippen LogP contribution in [0.1, 0.15) is 32.6 Å². The van der Waals surface area contributed by atoms with Crippen molar-refractivity contribution in [2.45, 2.75) is 26.8 Å². The van der Waals surface area contributed by atoms with Gasteiger partial charge < -0.3 is 10.6 Å². The van der Waals surface area contributed by atoms with Crippen LogP contribution in [0, 0.1) is 13.8 Å². The van der Waals surface area contributed by atoms with Crippen LogP contribution in [0.4, 0.5) is 5.69 Å². The average Bonchev–Trinajstić information content (AvgIpc) is 2.50. The lowest BCUT2D eigenvalue weighted by molar-refractivity contribution is 0.102. The molecule has 108 valence electrons. The molecule has 0 aromatic heterocycles. The predicted octanol–water partition coefficient (Wildman–Crippen LogP) is 3.20. The topological polar surface area (TPSA) is 41.1 Å². The molecule has 0 bridgehead atoms. The molecule has 1 aliphatic rings. The minimum Gasteiger partial charge on any atom is -0.322 e. The largest absolute Gasteiger partial charge is 0.322 e. The van der Waals surface area contributed by atoms with E-state index < -0.39 is 0 Å². The second-order valence-corrected chi connectivity index (χ2v) is 5.57. The van der Waals surface area contributed by atoms with E-state index in [1.807, 2.05) is 44.2 Å². The Bertz CT molecular complexity index is 692. The van der Waals surface area contributed by atoms with Crippen LogP contribution >= 0.6 is 0 Å². The number of carbonyl (C=O) groups excluding carboxylic acids is 1. The zero-order valence-electron chi connectivity index (χ0n) is 12.5. The first-order valence-electron chi connectivity index (χ1n) is 7.36. The van der Waals surface area contributed by atoms with Crippen molar-refractivity contribution >= 4 is 11.6 Å². The maximum atomic E-state index is 12.5. The van der Waals surface area contributed by atoms with Crippen molar-refractivity contribution in [2.24, 2.45) is 0 Å². The lowest BCUT2D eigenvalue weighted by atomic mass is 9.98. The Hall–Kier alpha value is -2.13. The first-order chi connectivity index (χ1) is 10.2. The quantitative estimate of drug-likeness (QED) is 0.887. The summed E-state index contributed by atoms with van der Waals surface area (Å²) in [7, 11) is 0. The summed E-state index contributed by atoms with van der Waals surface area (Å²) < 4.78 is 0. The van der Waals surface area contributed by atoms with Gasteiger partial charge >= 0.3 is 0 Å². The fraction of sp³-hybridized carbons (Fsp3) is 0.278. The summed E-state index contributed by atoms with van der Waals surface area (Å²) in [6.07, 6.45) is 0.957. The number of carbonyl (C=O) groups is 1. The Labute approximate surface area is 125 Å². The molecule has 0 saturated heterocycles. The molecule has 0 aliphatic carbocycles. The third kappa shape index (κ3) is 2.69. The van der Waals surface area contributed by atoms with Crippen molar-refractivity contribution in [3.63, 3.8) is 0 Å². The van der Waals surface area contributed by atoms with Gasteiger partial charge in [-0.2, -0.15) is 0 Å². The highest BCUT2D eigenvalue weighted by Gasteiger charge is 2.16. The molecule has 1 aliphatic heterocycles. The molecule has 0 fully saturated rings. The maximum absolute atomic E-state index is 12.5. The van der Waals surface area contributed by atoms with Crippen LogP contribution in [0.15, 0.2) is 36.4 Å². The van der Waals surface area contributed by atoms with Gasteiger partial charge in [-0.25, -0.2) is 0 Å². The number of fused-ring (bicyclic) bond motifs is 1. The minimum atomic E-state index is -0.0249. The van der Waals surface area contributed by atoms with E-state index in [1.165, 1.54) is 11.1 Å². The second-order valence-electron chi connectivity index (χ2n) is 5.57. The van der Waals surface area contributed by atoms with E-state index in [1.54, 1.807) is 0 Å². The third-order valence-electron chi connectivity index (χ3n) is 4.24. The van der Waals surface area contributed by atoms with Gasteiger partial charge in [-0.3, -0.25) is 4.79 Å². The van der Waals surface area contributed by atoms with Crippen LogP contribution in [0.3, 0.4) is 0 Å². The Morgan fingerprint density at radius 1 is 1.14 bits per heavy atom. The maximum Gasteiger partial charge on any atom is 0.255 e. The molecule has 0 unspecified atom stereocenters. The normalized spacial score (nSPS) is 13.6. The first-order valence-corrected chi connectivity index (χ1v) is 7.36. The monoisotopic (exact) mass is 280 g/mol. The molecule has 3 nitrogen and oxygen atoms in total.